The fraction of sp³-hybridized carbons (Fsp3) is 0.909. The normalized spacial score (nSPS) is 25.4. The van der Waals surface area contributed by atoms with Crippen LogP contribution in [0.3, 0.4) is 0 Å². The van der Waals surface area contributed by atoms with Crippen molar-refractivity contribution in [2.75, 3.05) is 26.8 Å². The smallest absolute Gasteiger partial charge is 0.234 e. The van der Waals surface area contributed by atoms with Crippen molar-refractivity contribution >= 4 is 5.91 Å². The van der Waals surface area contributed by atoms with Crippen LogP contribution >= 0.6 is 0 Å². The lowest BCUT2D eigenvalue weighted by Crippen LogP contribution is -2.46. The summed E-state index contributed by atoms with van der Waals surface area (Å²) in [7, 11) is 1.60. The fourth-order valence-corrected chi connectivity index (χ4v) is 1.93. The summed E-state index contributed by atoms with van der Waals surface area (Å²) in [5.74, 6) is -0.0465. The lowest BCUT2D eigenvalue weighted by molar-refractivity contribution is -0.120. The van der Waals surface area contributed by atoms with E-state index in [1.807, 2.05) is 0 Å². The minimum atomic E-state index is -0.305. The van der Waals surface area contributed by atoms with Crippen LogP contribution in [0.2, 0.25) is 0 Å². The van der Waals surface area contributed by atoms with E-state index in [2.05, 4.69) is 10.6 Å². The lowest BCUT2D eigenvalue weighted by Gasteiger charge is -2.28. The van der Waals surface area contributed by atoms with Gasteiger partial charge in [-0.3, -0.25) is 4.79 Å². The molecule has 0 bridgehead atoms. The van der Waals surface area contributed by atoms with Crippen LogP contribution in [0.1, 0.15) is 25.7 Å². The molecule has 3 N–H and O–H groups in total. The molecule has 1 saturated carbocycles. The number of rotatable bonds is 6. The van der Waals surface area contributed by atoms with Gasteiger partial charge in [0.15, 0.2) is 0 Å². The van der Waals surface area contributed by atoms with Crippen LogP contribution in [0, 0.1) is 0 Å². The number of carbonyl (C=O) groups excluding carboxylic acids is 1. The first kappa shape index (κ1) is 13.4. The van der Waals surface area contributed by atoms with E-state index in [1.54, 1.807) is 7.11 Å². The standard InChI is InChI=1S/C11H22N2O3/c1-16-7-6-12-11(15)8-13-9-4-2-3-5-10(9)14/h9-10,13-14H,2-8H2,1H3,(H,12,15)/t9-,10-/m0/s1. The number of methoxy groups -OCH3 is 1. The Morgan fingerprint density at radius 2 is 2.19 bits per heavy atom. The highest BCUT2D eigenvalue weighted by Gasteiger charge is 2.22. The summed E-state index contributed by atoms with van der Waals surface area (Å²) >= 11 is 0. The minimum absolute atomic E-state index is 0.0465. The Bertz CT molecular complexity index is 211. The van der Waals surface area contributed by atoms with E-state index < -0.39 is 0 Å². The zero-order valence-electron chi connectivity index (χ0n) is 9.87. The molecule has 0 aliphatic heterocycles. The molecule has 0 heterocycles. The first-order chi connectivity index (χ1) is 7.74. The molecule has 0 aromatic carbocycles. The molecule has 2 atom stereocenters. The highest BCUT2D eigenvalue weighted by molar-refractivity contribution is 5.77. The molecular weight excluding hydrogens is 208 g/mol. The highest BCUT2D eigenvalue weighted by Crippen LogP contribution is 2.17. The van der Waals surface area contributed by atoms with E-state index in [0.717, 1.165) is 25.7 Å². The second kappa shape index (κ2) is 7.60. The maximum absolute atomic E-state index is 11.4. The lowest BCUT2D eigenvalue weighted by atomic mass is 9.93. The quantitative estimate of drug-likeness (QED) is 0.545. The van der Waals surface area contributed by atoms with E-state index in [4.69, 9.17) is 4.74 Å². The maximum Gasteiger partial charge on any atom is 0.234 e. The molecule has 16 heavy (non-hydrogen) atoms. The molecule has 1 amide bonds. The Hall–Kier alpha value is -0.650. The van der Waals surface area contributed by atoms with E-state index in [0.29, 0.717) is 13.2 Å². The topological polar surface area (TPSA) is 70.6 Å². The molecule has 5 heteroatoms. The molecular formula is C11H22N2O3. The second-order valence-electron chi connectivity index (χ2n) is 4.18. The minimum Gasteiger partial charge on any atom is -0.392 e. The van der Waals surface area contributed by atoms with Gasteiger partial charge in [-0.1, -0.05) is 12.8 Å². The number of aliphatic hydroxyl groups is 1. The van der Waals surface area contributed by atoms with Crippen LogP contribution in [0.15, 0.2) is 0 Å². The SMILES string of the molecule is COCCNC(=O)CN[C@H]1CCCC[C@@H]1O. The van der Waals surface area contributed by atoms with Crippen LogP contribution in [0.4, 0.5) is 0 Å². The molecule has 0 spiro atoms. The number of aliphatic hydroxyl groups excluding tert-OH is 1. The van der Waals surface area contributed by atoms with Crippen molar-refractivity contribution in [1.82, 2.24) is 10.6 Å². The molecule has 1 aliphatic carbocycles. The van der Waals surface area contributed by atoms with Gasteiger partial charge in [-0.25, -0.2) is 0 Å². The summed E-state index contributed by atoms with van der Waals surface area (Å²) in [4.78, 5) is 11.4. The third kappa shape index (κ3) is 4.92. The number of hydrogen-bond donors (Lipinski definition) is 3. The van der Waals surface area contributed by atoms with E-state index in [9.17, 15) is 9.90 Å². The van der Waals surface area contributed by atoms with Crippen LogP contribution in [-0.4, -0.2) is 50.0 Å². The number of hydrogen-bond acceptors (Lipinski definition) is 4. The molecule has 1 aliphatic rings. The van der Waals surface area contributed by atoms with Gasteiger partial charge in [-0.15, -0.1) is 0 Å². The van der Waals surface area contributed by atoms with Crippen molar-refractivity contribution in [3.63, 3.8) is 0 Å². The van der Waals surface area contributed by atoms with Gasteiger partial charge in [0.25, 0.3) is 0 Å². The highest BCUT2D eigenvalue weighted by atomic mass is 16.5. The summed E-state index contributed by atoms with van der Waals surface area (Å²) in [6, 6.07) is 0.0712. The molecule has 1 rings (SSSR count). The molecule has 0 saturated heterocycles. The molecule has 0 radical (unpaired) electrons. The largest absolute Gasteiger partial charge is 0.392 e. The number of carbonyl (C=O) groups is 1. The average Bonchev–Trinajstić information content (AvgIpc) is 2.28. The van der Waals surface area contributed by atoms with Crippen molar-refractivity contribution in [2.45, 2.75) is 37.8 Å². The van der Waals surface area contributed by atoms with Gasteiger partial charge in [-0.2, -0.15) is 0 Å². The van der Waals surface area contributed by atoms with Crippen LogP contribution < -0.4 is 10.6 Å². The van der Waals surface area contributed by atoms with Crippen LogP contribution in [-0.2, 0) is 9.53 Å². The van der Waals surface area contributed by atoms with Gasteiger partial charge >= 0.3 is 0 Å². The van der Waals surface area contributed by atoms with Gasteiger partial charge < -0.3 is 20.5 Å². The van der Waals surface area contributed by atoms with Crippen LogP contribution in [0.5, 0.6) is 0 Å². The van der Waals surface area contributed by atoms with Gasteiger partial charge in [0.1, 0.15) is 0 Å². The van der Waals surface area contributed by atoms with Crippen molar-refractivity contribution in [3.05, 3.63) is 0 Å². The molecule has 0 aromatic heterocycles. The maximum atomic E-state index is 11.4. The number of amides is 1. The third-order valence-electron chi connectivity index (χ3n) is 2.88. The van der Waals surface area contributed by atoms with Gasteiger partial charge in [0.2, 0.25) is 5.91 Å². The van der Waals surface area contributed by atoms with Gasteiger partial charge in [0.05, 0.1) is 19.3 Å². The molecule has 5 nitrogen and oxygen atoms in total. The zero-order chi connectivity index (χ0) is 11.8. The monoisotopic (exact) mass is 230 g/mol. The number of nitrogens with one attached hydrogen (secondary N) is 2. The van der Waals surface area contributed by atoms with Gasteiger partial charge in [0, 0.05) is 19.7 Å². The average molecular weight is 230 g/mol. The van der Waals surface area contributed by atoms with E-state index in [1.165, 1.54) is 0 Å². The molecule has 0 aromatic rings. The summed E-state index contributed by atoms with van der Waals surface area (Å²) in [5.41, 5.74) is 0. The Morgan fingerprint density at radius 1 is 1.44 bits per heavy atom. The summed E-state index contributed by atoms with van der Waals surface area (Å²) < 4.78 is 4.83. The summed E-state index contributed by atoms with van der Waals surface area (Å²) in [6.45, 7) is 1.33. The first-order valence-corrected chi connectivity index (χ1v) is 5.91. The molecule has 0 unspecified atom stereocenters. The molecule has 94 valence electrons. The van der Waals surface area contributed by atoms with Crippen molar-refractivity contribution < 1.29 is 14.6 Å². The fourth-order valence-electron chi connectivity index (χ4n) is 1.93. The van der Waals surface area contributed by atoms with Crippen LogP contribution in [0.25, 0.3) is 0 Å². The Morgan fingerprint density at radius 3 is 2.88 bits per heavy atom. The Labute approximate surface area is 96.6 Å². The van der Waals surface area contributed by atoms with Crippen molar-refractivity contribution in [1.29, 1.82) is 0 Å². The molecule has 1 fully saturated rings. The van der Waals surface area contributed by atoms with Crippen molar-refractivity contribution in [3.8, 4) is 0 Å². The van der Waals surface area contributed by atoms with Crippen molar-refractivity contribution in [2.24, 2.45) is 0 Å². The van der Waals surface area contributed by atoms with E-state index >= 15 is 0 Å². The number of ether oxygens (including phenoxy) is 1. The predicted octanol–water partition coefficient (Wildman–Crippen LogP) is -0.358. The predicted molar refractivity (Wildman–Crippen MR) is 61.2 cm³/mol. The second-order valence-corrected chi connectivity index (χ2v) is 4.18. The van der Waals surface area contributed by atoms with Gasteiger partial charge in [-0.05, 0) is 12.8 Å². The summed E-state index contributed by atoms with van der Waals surface area (Å²) in [6.07, 6.45) is 3.69. The first-order valence-electron chi connectivity index (χ1n) is 5.91. The summed E-state index contributed by atoms with van der Waals surface area (Å²) in [5, 5.41) is 15.5. The third-order valence-corrected chi connectivity index (χ3v) is 2.88. The van der Waals surface area contributed by atoms with E-state index in [-0.39, 0.29) is 24.6 Å². The Balaban J connectivity index is 2.10. The Kier molecular flexibility index (Phi) is 6.37. The zero-order valence-corrected chi connectivity index (χ0v) is 9.87.